The molecular weight excluding hydrogens is 314 g/mol. The van der Waals surface area contributed by atoms with Crippen LogP contribution in [0.15, 0.2) is 30.3 Å². The second kappa shape index (κ2) is 7.59. The highest BCUT2D eigenvalue weighted by Crippen LogP contribution is 2.40. The number of benzene rings is 1. The summed E-state index contributed by atoms with van der Waals surface area (Å²) in [5, 5.41) is 0. The topological polar surface area (TPSA) is 46.6 Å². The first-order valence-electron chi connectivity index (χ1n) is 9.47. The Hall–Kier alpha value is -1.84. The normalized spacial score (nSPS) is 32.4. The summed E-state index contributed by atoms with van der Waals surface area (Å²) in [6.07, 6.45) is 4.15. The number of carbonyl (C=O) groups excluding carboxylic acids is 2. The van der Waals surface area contributed by atoms with E-state index in [1.807, 2.05) is 6.07 Å². The highest BCUT2D eigenvalue weighted by atomic mass is 16.5. The standard InChI is InChI=1S/C21H29NO3/c1-14-13-19(16-7-5-4-6-8-16)15(2)22(14)20(23)17-9-11-18(12-10-17)21(24)25-3/h4-8,14-15,17-19H,9-13H2,1-3H3/t14-,15-,17?,18?,19-/m1/s1. The van der Waals surface area contributed by atoms with Crippen LogP contribution in [-0.2, 0) is 14.3 Å². The quantitative estimate of drug-likeness (QED) is 0.785. The van der Waals surface area contributed by atoms with E-state index in [9.17, 15) is 9.59 Å². The first-order valence-corrected chi connectivity index (χ1v) is 9.47. The number of amides is 1. The lowest BCUT2D eigenvalue weighted by atomic mass is 9.81. The Morgan fingerprint density at radius 1 is 1.00 bits per heavy atom. The molecule has 0 aromatic heterocycles. The van der Waals surface area contributed by atoms with Crippen LogP contribution < -0.4 is 0 Å². The molecule has 0 unspecified atom stereocenters. The van der Waals surface area contributed by atoms with Crippen molar-refractivity contribution in [1.29, 1.82) is 0 Å². The number of likely N-dealkylation sites (tertiary alicyclic amines) is 1. The van der Waals surface area contributed by atoms with E-state index in [-0.39, 0.29) is 35.8 Å². The SMILES string of the molecule is COC(=O)C1CCC(C(=O)N2[C@H](C)C[C@@H](c3ccccc3)[C@H]2C)CC1. The molecule has 1 aliphatic carbocycles. The van der Waals surface area contributed by atoms with Crippen LogP contribution in [0.3, 0.4) is 0 Å². The Labute approximate surface area is 150 Å². The average molecular weight is 343 g/mol. The maximum atomic E-state index is 13.2. The second-order valence-corrected chi connectivity index (χ2v) is 7.66. The Morgan fingerprint density at radius 2 is 1.60 bits per heavy atom. The number of esters is 1. The molecule has 1 aliphatic heterocycles. The van der Waals surface area contributed by atoms with Gasteiger partial charge in [0.05, 0.1) is 13.0 Å². The molecule has 1 saturated carbocycles. The van der Waals surface area contributed by atoms with Crippen LogP contribution in [0.2, 0.25) is 0 Å². The van der Waals surface area contributed by atoms with E-state index < -0.39 is 0 Å². The van der Waals surface area contributed by atoms with Gasteiger partial charge in [-0.3, -0.25) is 9.59 Å². The van der Waals surface area contributed by atoms with Gasteiger partial charge < -0.3 is 9.64 Å². The smallest absolute Gasteiger partial charge is 0.308 e. The van der Waals surface area contributed by atoms with E-state index in [1.165, 1.54) is 12.7 Å². The molecule has 1 amide bonds. The van der Waals surface area contributed by atoms with Crippen molar-refractivity contribution in [2.75, 3.05) is 7.11 Å². The lowest BCUT2D eigenvalue weighted by molar-refractivity contribution is -0.149. The van der Waals surface area contributed by atoms with Crippen molar-refractivity contribution in [3.63, 3.8) is 0 Å². The summed E-state index contributed by atoms with van der Waals surface area (Å²) in [6, 6.07) is 11.0. The zero-order chi connectivity index (χ0) is 18.0. The maximum Gasteiger partial charge on any atom is 0.308 e. The van der Waals surface area contributed by atoms with Crippen LogP contribution in [0.25, 0.3) is 0 Å². The van der Waals surface area contributed by atoms with Gasteiger partial charge in [-0.05, 0) is 51.5 Å². The molecule has 2 fully saturated rings. The van der Waals surface area contributed by atoms with Crippen molar-refractivity contribution < 1.29 is 14.3 Å². The zero-order valence-electron chi connectivity index (χ0n) is 15.5. The molecule has 136 valence electrons. The van der Waals surface area contributed by atoms with Crippen molar-refractivity contribution in [3.8, 4) is 0 Å². The summed E-state index contributed by atoms with van der Waals surface area (Å²) in [7, 11) is 1.44. The van der Waals surface area contributed by atoms with Gasteiger partial charge in [0.2, 0.25) is 5.91 Å². The Kier molecular flexibility index (Phi) is 5.45. The van der Waals surface area contributed by atoms with E-state index in [0.717, 1.165) is 32.1 Å². The van der Waals surface area contributed by atoms with Crippen molar-refractivity contribution in [2.24, 2.45) is 11.8 Å². The molecule has 1 heterocycles. The van der Waals surface area contributed by atoms with Crippen LogP contribution in [0.1, 0.15) is 57.4 Å². The van der Waals surface area contributed by atoms with Crippen molar-refractivity contribution in [1.82, 2.24) is 4.90 Å². The summed E-state index contributed by atoms with van der Waals surface area (Å²) < 4.78 is 4.85. The third-order valence-corrected chi connectivity index (χ3v) is 6.18. The first-order chi connectivity index (χ1) is 12.0. The highest BCUT2D eigenvalue weighted by molar-refractivity contribution is 5.80. The lowest BCUT2D eigenvalue weighted by Crippen LogP contribution is -2.44. The van der Waals surface area contributed by atoms with E-state index in [0.29, 0.717) is 5.92 Å². The predicted molar refractivity (Wildman–Crippen MR) is 97.0 cm³/mol. The van der Waals surface area contributed by atoms with Crippen molar-refractivity contribution >= 4 is 11.9 Å². The molecule has 3 rings (SSSR count). The number of methoxy groups -OCH3 is 1. The van der Waals surface area contributed by atoms with Gasteiger partial charge in [0, 0.05) is 23.9 Å². The van der Waals surface area contributed by atoms with Gasteiger partial charge in [-0.15, -0.1) is 0 Å². The van der Waals surface area contributed by atoms with Gasteiger partial charge in [-0.1, -0.05) is 30.3 Å². The summed E-state index contributed by atoms with van der Waals surface area (Å²) in [6.45, 7) is 4.34. The molecule has 1 aromatic rings. The zero-order valence-corrected chi connectivity index (χ0v) is 15.5. The summed E-state index contributed by atoms with van der Waals surface area (Å²) >= 11 is 0. The minimum Gasteiger partial charge on any atom is -0.469 e. The van der Waals surface area contributed by atoms with Crippen LogP contribution in [-0.4, -0.2) is 36.0 Å². The van der Waals surface area contributed by atoms with Gasteiger partial charge in [-0.25, -0.2) is 0 Å². The molecule has 4 heteroatoms. The molecule has 0 N–H and O–H groups in total. The van der Waals surface area contributed by atoms with Gasteiger partial charge in [-0.2, -0.15) is 0 Å². The molecule has 0 spiro atoms. The Balaban J connectivity index is 1.65. The van der Waals surface area contributed by atoms with E-state index in [1.54, 1.807) is 0 Å². The molecule has 0 radical (unpaired) electrons. The minimum atomic E-state index is -0.127. The lowest BCUT2D eigenvalue weighted by Gasteiger charge is -2.34. The van der Waals surface area contributed by atoms with Gasteiger partial charge in [0.25, 0.3) is 0 Å². The van der Waals surface area contributed by atoms with Gasteiger partial charge in [0.15, 0.2) is 0 Å². The number of hydrogen-bond donors (Lipinski definition) is 0. The minimum absolute atomic E-state index is 0.0282. The summed E-state index contributed by atoms with van der Waals surface area (Å²) in [4.78, 5) is 27.0. The number of nitrogens with zero attached hydrogens (tertiary/aromatic N) is 1. The molecule has 4 nitrogen and oxygen atoms in total. The number of ether oxygens (including phenoxy) is 1. The molecule has 1 aromatic carbocycles. The predicted octanol–water partition coefficient (Wildman–Crippen LogP) is 3.76. The molecule has 3 atom stereocenters. The summed E-state index contributed by atoms with van der Waals surface area (Å²) in [5.74, 6) is 0.589. The first kappa shape index (κ1) is 18.0. The van der Waals surface area contributed by atoms with E-state index in [2.05, 4.69) is 43.0 Å². The largest absolute Gasteiger partial charge is 0.469 e. The fourth-order valence-electron chi connectivity index (χ4n) is 4.76. The van der Waals surface area contributed by atoms with Crippen LogP contribution in [0.5, 0.6) is 0 Å². The van der Waals surface area contributed by atoms with Crippen molar-refractivity contribution in [3.05, 3.63) is 35.9 Å². The van der Waals surface area contributed by atoms with E-state index >= 15 is 0 Å². The molecule has 2 aliphatic rings. The number of rotatable bonds is 3. The Morgan fingerprint density at radius 3 is 2.20 bits per heavy atom. The van der Waals surface area contributed by atoms with Crippen LogP contribution in [0.4, 0.5) is 0 Å². The van der Waals surface area contributed by atoms with Crippen molar-refractivity contribution in [2.45, 2.75) is 64.0 Å². The number of carbonyl (C=O) groups is 2. The maximum absolute atomic E-state index is 13.2. The molecule has 1 saturated heterocycles. The van der Waals surface area contributed by atoms with Gasteiger partial charge >= 0.3 is 5.97 Å². The third kappa shape index (κ3) is 3.58. The fourth-order valence-corrected chi connectivity index (χ4v) is 4.76. The third-order valence-electron chi connectivity index (χ3n) is 6.18. The monoisotopic (exact) mass is 343 g/mol. The molecule has 25 heavy (non-hydrogen) atoms. The molecule has 0 bridgehead atoms. The van der Waals surface area contributed by atoms with Crippen LogP contribution in [0, 0.1) is 11.8 Å². The Bertz CT molecular complexity index is 607. The highest BCUT2D eigenvalue weighted by Gasteiger charge is 2.42. The fraction of sp³-hybridized carbons (Fsp3) is 0.619. The second-order valence-electron chi connectivity index (χ2n) is 7.66. The average Bonchev–Trinajstić information content (AvgIpc) is 2.95. The van der Waals surface area contributed by atoms with Crippen LogP contribution >= 0.6 is 0 Å². The molecular formula is C21H29NO3. The number of hydrogen-bond acceptors (Lipinski definition) is 3. The van der Waals surface area contributed by atoms with Gasteiger partial charge in [0.1, 0.15) is 0 Å². The summed E-state index contributed by atoms with van der Waals surface area (Å²) in [5.41, 5.74) is 1.33. The van der Waals surface area contributed by atoms with E-state index in [4.69, 9.17) is 4.74 Å².